The van der Waals surface area contributed by atoms with Gasteiger partial charge in [-0.2, -0.15) is 0 Å². The van der Waals surface area contributed by atoms with E-state index >= 15 is 0 Å². The van der Waals surface area contributed by atoms with E-state index < -0.39 is 0 Å². The predicted octanol–water partition coefficient (Wildman–Crippen LogP) is 1.99. The first kappa shape index (κ1) is 10.3. The van der Waals surface area contributed by atoms with Crippen molar-refractivity contribution in [1.82, 2.24) is 14.5 Å². The van der Waals surface area contributed by atoms with Crippen molar-refractivity contribution in [3.63, 3.8) is 0 Å². The first-order valence-electron chi connectivity index (χ1n) is 4.87. The molecule has 78 valence electrons. The number of hydrogen-bond acceptors (Lipinski definition) is 4. The lowest BCUT2D eigenvalue weighted by Gasteiger charge is -2.23. The SMILES string of the molecule is CC1CCN(Cc2csnn2)C1CCl. The second-order valence-corrected chi connectivity index (χ2v) is 4.77. The standard InChI is InChI=1S/C9H14ClN3S/c1-7-2-3-13(9(7)4-10)5-8-6-14-12-11-8/h6-7,9H,2-5H2,1H3. The van der Waals surface area contributed by atoms with Gasteiger partial charge in [-0.05, 0) is 30.4 Å². The fraction of sp³-hybridized carbons (Fsp3) is 0.778. The average molecular weight is 232 g/mol. The molecule has 0 spiro atoms. The maximum Gasteiger partial charge on any atom is 0.0895 e. The van der Waals surface area contributed by atoms with E-state index in [9.17, 15) is 0 Å². The summed E-state index contributed by atoms with van der Waals surface area (Å²) < 4.78 is 3.87. The quantitative estimate of drug-likeness (QED) is 0.745. The van der Waals surface area contributed by atoms with E-state index in [0.29, 0.717) is 12.0 Å². The maximum absolute atomic E-state index is 5.96. The van der Waals surface area contributed by atoms with Gasteiger partial charge in [0, 0.05) is 23.8 Å². The Kier molecular flexibility index (Phi) is 3.36. The average Bonchev–Trinajstić information content (AvgIpc) is 2.77. The van der Waals surface area contributed by atoms with Gasteiger partial charge < -0.3 is 0 Å². The van der Waals surface area contributed by atoms with Crippen LogP contribution in [0.5, 0.6) is 0 Å². The largest absolute Gasteiger partial charge is 0.293 e. The minimum atomic E-state index is 0.512. The lowest BCUT2D eigenvalue weighted by atomic mass is 10.1. The van der Waals surface area contributed by atoms with Crippen LogP contribution in [0.2, 0.25) is 0 Å². The van der Waals surface area contributed by atoms with Crippen molar-refractivity contribution in [3.05, 3.63) is 11.1 Å². The molecule has 2 atom stereocenters. The minimum absolute atomic E-state index is 0.512. The molecule has 2 heterocycles. The number of hydrogen-bond donors (Lipinski definition) is 0. The van der Waals surface area contributed by atoms with E-state index in [4.69, 9.17) is 11.6 Å². The highest BCUT2D eigenvalue weighted by molar-refractivity contribution is 7.03. The van der Waals surface area contributed by atoms with Gasteiger partial charge in [-0.15, -0.1) is 16.7 Å². The third kappa shape index (κ3) is 2.07. The molecule has 0 bridgehead atoms. The predicted molar refractivity (Wildman–Crippen MR) is 58.6 cm³/mol. The highest BCUT2D eigenvalue weighted by atomic mass is 35.5. The van der Waals surface area contributed by atoms with Crippen LogP contribution < -0.4 is 0 Å². The summed E-state index contributed by atoms with van der Waals surface area (Å²) in [5.41, 5.74) is 1.07. The fourth-order valence-corrected chi connectivity index (χ4v) is 2.94. The smallest absolute Gasteiger partial charge is 0.0895 e. The first-order valence-corrected chi connectivity index (χ1v) is 6.24. The Labute approximate surface area is 93.2 Å². The Morgan fingerprint density at radius 2 is 2.57 bits per heavy atom. The Balaban J connectivity index is 1.98. The van der Waals surface area contributed by atoms with Crippen LogP contribution in [0.3, 0.4) is 0 Å². The summed E-state index contributed by atoms with van der Waals surface area (Å²) in [4.78, 5) is 2.41. The highest BCUT2D eigenvalue weighted by Crippen LogP contribution is 2.26. The molecule has 1 aromatic heterocycles. The summed E-state index contributed by atoms with van der Waals surface area (Å²) in [5.74, 6) is 1.43. The second kappa shape index (κ2) is 4.55. The molecular formula is C9H14ClN3S. The minimum Gasteiger partial charge on any atom is -0.293 e. The lowest BCUT2D eigenvalue weighted by molar-refractivity contribution is 0.239. The summed E-state index contributed by atoms with van der Waals surface area (Å²) in [6.45, 7) is 4.31. The van der Waals surface area contributed by atoms with E-state index in [1.54, 1.807) is 0 Å². The third-order valence-electron chi connectivity index (χ3n) is 2.93. The summed E-state index contributed by atoms with van der Waals surface area (Å²) in [5, 5.41) is 6.07. The van der Waals surface area contributed by atoms with Crippen LogP contribution in [-0.2, 0) is 6.54 Å². The van der Waals surface area contributed by atoms with Gasteiger partial charge in [0.15, 0.2) is 0 Å². The molecule has 0 amide bonds. The molecular weight excluding hydrogens is 218 g/mol. The van der Waals surface area contributed by atoms with Crippen molar-refractivity contribution in [2.75, 3.05) is 12.4 Å². The van der Waals surface area contributed by atoms with Gasteiger partial charge in [-0.25, -0.2) is 0 Å². The van der Waals surface area contributed by atoms with Crippen molar-refractivity contribution < 1.29 is 0 Å². The van der Waals surface area contributed by atoms with Crippen molar-refractivity contribution in [3.8, 4) is 0 Å². The molecule has 1 aromatic rings. The summed E-state index contributed by atoms with van der Waals surface area (Å²) >= 11 is 7.37. The Hall–Kier alpha value is -0.190. The van der Waals surface area contributed by atoms with Crippen LogP contribution in [0.25, 0.3) is 0 Å². The number of alkyl halides is 1. The number of halogens is 1. The third-order valence-corrected chi connectivity index (χ3v) is 3.80. The molecule has 2 unspecified atom stereocenters. The Bertz CT molecular complexity index is 278. The maximum atomic E-state index is 5.96. The molecule has 1 aliphatic heterocycles. The van der Waals surface area contributed by atoms with Gasteiger partial charge in [-0.3, -0.25) is 4.90 Å². The second-order valence-electron chi connectivity index (χ2n) is 3.85. The molecule has 0 radical (unpaired) electrons. The van der Waals surface area contributed by atoms with E-state index in [1.165, 1.54) is 18.0 Å². The molecule has 1 aliphatic rings. The van der Waals surface area contributed by atoms with Crippen LogP contribution >= 0.6 is 23.1 Å². The molecule has 0 saturated carbocycles. The van der Waals surface area contributed by atoms with E-state index in [1.807, 2.05) is 5.38 Å². The molecule has 0 aromatic carbocycles. The van der Waals surface area contributed by atoms with Gasteiger partial charge in [0.25, 0.3) is 0 Å². The fourth-order valence-electron chi connectivity index (χ4n) is 1.99. The van der Waals surface area contributed by atoms with Crippen LogP contribution in [-0.4, -0.2) is 33.0 Å². The zero-order valence-corrected chi connectivity index (χ0v) is 9.76. The van der Waals surface area contributed by atoms with Crippen LogP contribution in [0.4, 0.5) is 0 Å². The first-order chi connectivity index (χ1) is 6.81. The van der Waals surface area contributed by atoms with E-state index in [0.717, 1.165) is 24.7 Å². The zero-order chi connectivity index (χ0) is 9.97. The highest BCUT2D eigenvalue weighted by Gasteiger charge is 2.30. The summed E-state index contributed by atoms with van der Waals surface area (Å²) in [6, 6.07) is 0.512. The van der Waals surface area contributed by atoms with Gasteiger partial charge in [-0.1, -0.05) is 11.4 Å². The van der Waals surface area contributed by atoms with Crippen LogP contribution in [0, 0.1) is 5.92 Å². The summed E-state index contributed by atoms with van der Waals surface area (Å²) in [7, 11) is 0. The zero-order valence-electron chi connectivity index (χ0n) is 8.19. The molecule has 14 heavy (non-hydrogen) atoms. The molecule has 3 nitrogen and oxygen atoms in total. The molecule has 2 rings (SSSR count). The van der Waals surface area contributed by atoms with Crippen molar-refractivity contribution >= 4 is 23.1 Å². The normalized spacial score (nSPS) is 28.4. The van der Waals surface area contributed by atoms with Crippen LogP contribution in [0.1, 0.15) is 19.0 Å². The number of rotatable bonds is 3. The number of nitrogens with zero attached hydrogens (tertiary/aromatic N) is 3. The number of likely N-dealkylation sites (tertiary alicyclic amines) is 1. The van der Waals surface area contributed by atoms with E-state index in [2.05, 4.69) is 21.4 Å². The molecule has 0 N–H and O–H groups in total. The lowest BCUT2D eigenvalue weighted by Crippen LogP contribution is -2.33. The topological polar surface area (TPSA) is 29.0 Å². The van der Waals surface area contributed by atoms with Crippen LogP contribution in [0.15, 0.2) is 5.38 Å². The molecule has 0 aliphatic carbocycles. The van der Waals surface area contributed by atoms with E-state index in [-0.39, 0.29) is 0 Å². The number of aromatic nitrogens is 2. The monoisotopic (exact) mass is 231 g/mol. The summed E-state index contributed by atoms with van der Waals surface area (Å²) in [6.07, 6.45) is 1.24. The van der Waals surface area contributed by atoms with Gasteiger partial charge in [0.1, 0.15) is 0 Å². The Morgan fingerprint density at radius 1 is 1.71 bits per heavy atom. The molecule has 1 saturated heterocycles. The molecule has 1 fully saturated rings. The van der Waals surface area contributed by atoms with Gasteiger partial charge in [0.05, 0.1) is 5.69 Å². The Morgan fingerprint density at radius 3 is 3.21 bits per heavy atom. The van der Waals surface area contributed by atoms with Gasteiger partial charge >= 0.3 is 0 Å². The van der Waals surface area contributed by atoms with Crippen molar-refractivity contribution in [1.29, 1.82) is 0 Å². The van der Waals surface area contributed by atoms with Crippen molar-refractivity contribution in [2.45, 2.75) is 25.9 Å². The molecule has 5 heteroatoms. The van der Waals surface area contributed by atoms with Crippen molar-refractivity contribution in [2.24, 2.45) is 5.92 Å². The van der Waals surface area contributed by atoms with Gasteiger partial charge in [0.2, 0.25) is 0 Å².